The van der Waals surface area contributed by atoms with Crippen LogP contribution in [-0.4, -0.2) is 21.9 Å². The van der Waals surface area contributed by atoms with Gasteiger partial charge in [-0.1, -0.05) is 23.7 Å². The summed E-state index contributed by atoms with van der Waals surface area (Å²) in [6.07, 6.45) is 1.17. The Labute approximate surface area is 155 Å². The van der Waals surface area contributed by atoms with Crippen molar-refractivity contribution in [1.29, 1.82) is 0 Å². The van der Waals surface area contributed by atoms with Gasteiger partial charge in [0.15, 0.2) is 6.23 Å². The zero-order chi connectivity index (χ0) is 18.3. The van der Waals surface area contributed by atoms with Crippen LogP contribution < -0.4 is 0 Å². The maximum atomic E-state index is 14.6. The molecule has 0 aliphatic carbocycles. The molecule has 0 saturated heterocycles. The highest BCUT2D eigenvalue weighted by atomic mass is 35.5. The Kier molecular flexibility index (Phi) is 4.34. The van der Waals surface area contributed by atoms with E-state index in [-0.39, 0.29) is 5.82 Å². The second-order valence-electron chi connectivity index (χ2n) is 5.99. The summed E-state index contributed by atoms with van der Waals surface area (Å²) in [5.41, 5.74) is 3.33. The SMILES string of the molecule is CCOC1N=C(c2ccccc2F)c2cc(Cl)ccc2-n2c1cnc2C. The minimum Gasteiger partial charge on any atom is -0.351 e. The molecule has 6 heteroatoms. The van der Waals surface area contributed by atoms with Gasteiger partial charge in [-0.2, -0.15) is 0 Å². The number of rotatable bonds is 3. The molecule has 0 spiro atoms. The molecule has 0 fully saturated rings. The van der Waals surface area contributed by atoms with Crippen LogP contribution in [-0.2, 0) is 4.74 Å². The van der Waals surface area contributed by atoms with Crippen molar-refractivity contribution >= 4 is 17.3 Å². The Hall–Kier alpha value is -2.50. The fourth-order valence-electron chi connectivity index (χ4n) is 3.24. The zero-order valence-electron chi connectivity index (χ0n) is 14.4. The van der Waals surface area contributed by atoms with Gasteiger partial charge in [-0.05, 0) is 44.2 Å². The van der Waals surface area contributed by atoms with E-state index in [2.05, 4.69) is 4.98 Å². The van der Waals surface area contributed by atoms with E-state index in [0.717, 1.165) is 22.8 Å². The average Bonchev–Trinajstić information content (AvgIpc) is 2.94. The Morgan fingerprint density at radius 2 is 2.00 bits per heavy atom. The lowest BCUT2D eigenvalue weighted by Crippen LogP contribution is -2.10. The number of halogens is 2. The van der Waals surface area contributed by atoms with Gasteiger partial charge in [-0.3, -0.25) is 4.57 Å². The molecule has 1 unspecified atom stereocenters. The van der Waals surface area contributed by atoms with E-state index in [4.69, 9.17) is 21.3 Å². The summed E-state index contributed by atoms with van der Waals surface area (Å²) in [7, 11) is 0. The number of hydrogen-bond donors (Lipinski definition) is 0. The molecule has 1 aromatic heterocycles. The summed E-state index contributed by atoms with van der Waals surface area (Å²) in [5.74, 6) is 0.465. The first-order valence-corrected chi connectivity index (χ1v) is 8.76. The van der Waals surface area contributed by atoms with Crippen molar-refractivity contribution in [3.05, 3.63) is 82.1 Å². The zero-order valence-corrected chi connectivity index (χ0v) is 15.2. The monoisotopic (exact) mass is 369 g/mol. The Morgan fingerprint density at radius 3 is 2.77 bits per heavy atom. The van der Waals surface area contributed by atoms with Crippen LogP contribution in [0.5, 0.6) is 0 Å². The number of aromatic nitrogens is 2. The molecule has 1 aliphatic heterocycles. The lowest BCUT2D eigenvalue weighted by Gasteiger charge is -2.14. The maximum absolute atomic E-state index is 14.6. The lowest BCUT2D eigenvalue weighted by atomic mass is 10.00. The van der Waals surface area contributed by atoms with Gasteiger partial charge in [0.25, 0.3) is 0 Å². The quantitative estimate of drug-likeness (QED) is 0.661. The van der Waals surface area contributed by atoms with Crippen LogP contribution in [0.2, 0.25) is 5.02 Å². The molecule has 0 radical (unpaired) electrons. The second-order valence-corrected chi connectivity index (χ2v) is 6.43. The molecule has 2 heterocycles. The molecule has 0 N–H and O–H groups in total. The predicted molar refractivity (Wildman–Crippen MR) is 99.7 cm³/mol. The summed E-state index contributed by atoms with van der Waals surface area (Å²) < 4.78 is 22.4. The van der Waals surface area contributed by atoms with Gasteiger partial charge in [0.1, 0.15) is 11.6 Å². The molecule has 3 aromatic rings. The van der Waals surface area contributed by atoms with Gasteiger partial charge in [0.05, 0.1) is 23.3 Å². The first-order valence-electron chi connectivity index (χ1n) is 8.39. The third-order valence-electron chi connectivity index (χ3n) is 4.37. The highest BCUT2D eigenvalue weighted by Crippen LogP contribution is 2.34. The first-order chi connectivity index (χ1) is 12.6. The van der Waals surface area contributed by atoms with Gasteiger partial charge in [-0.15, -0.1) is 0 Å². The summed E-state index contributed by atoms with van der Waals surface area (Å²) in [6, 6.07) is 12.1. The van der Waals surface area contributed by atoms with Crippen LogP contribution >= 0.6 is 11.6 Å². The summed E-state index contributed by atoms with van der Waals surface area (Å²) in [4.78, 5) is 9.18. The van der Waals surface area contributed by atoms with Crippen LogP contribution in [0.25, 0.3) is 5.69 Å². The number of aliphatic imine (C=N–C) groups is 1. The molecule has 26 heavy (non-hydrogen) atoms. The number of aryl methyl sites for hydroxylation is 1. The van der Waals surface area contributed by atoms with Crippen LogP contribution in [0.15, 0.2) is 53.7 Å². The number of ether oxygens (including phenoxy) is 1. The van der Waals surface area contributed by atoms with Crippen molar-refractivity contribution in [1.82, 2.24) is 9.55 Å². The van der Waals surface area contributed by atoms with Crippen LogP contribution in [0.3, 0.4) is 0 Å². The number of nitrogens with zero attached hydrogens (tertiary/aromatic N) is 3. The molecule has 132 valence electrons. The summed E-state index contributed by atoms with van der Waals surface area (Å²) >= 11 is 6.26. The molecular formula is C20H17ClFN3O. The number of imidazole rings is 1. The molecule has 1 aliphatic rings. The van der Waals surface area contributed by atoms with E-state index >= 15 is 0 Å². The van der Waals surface area contributed by atoms with Gasteiger partial charge in [0.2, 0.25) is 0 Å². The Balaban J connectivity index is 2.05. The van der Waals surface area contributed by atoms with Gasteiger partial charge >= 0.3 is 0 Å². The van der Waals surface area contributed by atoms with E-state index in [0.29, 0.717) is 22.9 Å². The van der Waals surface area contributed by atoms with Crippen molar-refractivity contribution in [2.75, 3.05) is 6.61 Å². The van der Waals surface area contributed by atoms with Gasteiger partial charge < -0.3 is 4.74 Å². The number of fused-ring (bicyclic) bond motifs is 3. The van der Waals surface area contributed by atoms with E-state index in [1.54, 1.807) is 30.5 Å². The van der Waals surface area contributed by atoms with E-state index in [1.807, 2.05) is 30.5 Å². The fourth-order valence-corrected chi connectivity index (χ4v) is 3.42. The van der Waals surface area contributed by atoms with Gasteiger partial charge in [0, 0.05) is 22.8 Å². The van der Waals surface area contributed by atoms with Crippen molar-refractivity contribution in [2.24, 2.45) is 4.99 Å². The van der Waals surface area contributed by atoms with Crippen molar-refractivity contribution in [3.8, 4) is 5.69 Å². The largest absolute Gasteiger partial charge is 0.351 e. The second kappa shape index (κ2) is 6.67. The van der Waals surface area contributed by atoms with Crippen molar-refractivity contribution in [3.63, 3.8) is 0 Å². The minimum atomic E-state index is -0.581. The molecule has 0 bridgehead atoms. The van der Waals surface area contributed by atoms with Crippen LogP contribution in [0.4, 0.5) is 4.39 Å². The fraction of sp³-hybridized carbons (Fsp3) is 0.200. The maximum Gasteiger partial charge on any atom is 0.191 e. The lowest BCUT2D eigenvalue weighted by molar-refractivity contribution is 0.0655. The minimum absolute atomic E-state index is 0.339. The number of benzene rings is 2. The van der Waals surface area contributed by atoms with E-state index in [9.17, 15) is 4.39 Å². The molecule has 0 amide bonds. The molecule has 2 aromatic carbocycles. The van der Waals surface area contributed by atoms with Crippen molar-refractivity contribution < 1.29 is 9.13 Å². The smallest absolute Gasteiger partial charge is 0.191 e. The Bertz CT molecular complexity index is 1010. The van der Waals surface area contributed by atoms with Gasteiger partial charge in [-0.25, -0.2) is 14.4 Å². The molecule has 1 atom stereocenters. The normalized spacial score (nSPS) is 15.8. The third-order valence-corrected chi connectivity index (χ3v) is 4.61. The highest BCUT2D eigenvalue weighted by molar-refractivity contribution is 6.31. The van der Waals surface area contributed by atoms with Crippen LogP contribution in [0.1, 0.15) is 35.8 Å². The topological polar surface area (TPSA) is 39.4 Å². The number of hydrogen-bond acceptors (Lipinski definition) is 3. The summed E-state index contributed by atoms with van der Waals surface area (Å²) in [5, 5.41) is 0.557. The predicted octanol–water partition coefficient (Wildman–Crippen LogP) is 4.86. The van der Waals surface area contributed by atoms with E-state index in [1.165, 1.54) is 6.07 Å². The average molecular weight is 370 g/mol. The molecule has 4 nitrogen and oxygen atoms in total. The van der Waals surface area contributed by atoms with Crippen molar-refractivity contribution in [2.45, 2.75) is 20.1 Å². The molecule has 0 saturated carbocycles. The first kappa shape index (κ1) is 16.9. The summed E-state index contributed by atoms with van der Waals surface area (Å²) in [6.45, 7) is 4.29. The standard InChI is InChI=1S/C20H17ClFN3O/c1-3-26-20-18-11-23-12(2)25(18)17-9-8-13(21)10-15(17)19(24-20)14-6-4-5-7-16(14)22/h4-11,20H,3H2,1-2H3. The molecule has 4 rings (SSSR count). The Morgan fingerprint density at radius 1 is 1.19 bits per heavy atom. The van der Waals surface area contributed by atoms with Crippen LogP contribution in [0, 0.1) is 12.7 Å². The third kappa shape index (κ3) is 2.73. The molecular weight excluding hydrogens is 353 g/mol. The van der Waals surface area contributed by atoms with E-state index < -0.39 is 6.23 Å². The highest BCUT2D eigenvalue weighted by Gasteiger charge is 2.28.